The molecule has 0 atom stereocenters. The minimum atomic E-state index is 0.626. The van der Waals surface area contributed by atoms with Crippen molar-refractivity contribution in [3.63, 3.8) is 0 Å². The fourth-order valence-electron chi connectivity index (χ4n) is 8.48. The lowest BCUT2D eigenvalue weighted by Crippen LogP contribution is -2.00. The molecule has 11 rings (SSSR count). The van der Waals surface area contributed by atoms with Crippen molar-refractivity contribution in [2.75, 3.05) is 0 Å². The first kappa shape index (κ1) is 35.2. The van der Waals surface area contributed by atoms with E-state index in [-0.39, 0.29) is 0 Å². The molecule has 60 heavy (non-hydrogen) atoms. The van der Waals surface area contributed by atoms with Crippen LogP contribution in [0.25, 0.3) is 111 Å². The first-order chi connectivity index (χ1) is 29.7. The van der Waals surface area contributed by atoms with E-state index in [1.807, 2.05) is 0 Å². The van der Waals surface area contributed by atoms with E-state index in [0.29, 0.717) is 17.5 Å². The minimum absolute atomic E-state index is 0.626. The summed E-state index contributed by atoms with van der Waals surface area (Å²) < 4.78 is 0. The van der Waals surface area contributed by atoms with Crippen LogP contribution in [-0.2, 0) is 0 Å². The molecule has 0 bridgehead atoms. The van der Waals surface area contributed by atoms with Gasteiger partial charge in [0.2, 0.25) is 0 Å². The van der Waals surface area contributed by atoms with Crippen LogP contribution in [0.5, 0.6) is 0 Å². The molecular formula is C57H37N3. The predicted molar refractivity (Wildman–Crippen MR) is 250 cm³/mol. The molecule has 1 heterocycles. The molecule has 0 N–H and O–H groups in total. The average molecular weight is 764 g/mol. The molecule has 0 aliphatic rings. The van der Waals surface area contributed by atoms with Crippen LogP contribution in [0, 0.1) is 0 Å². The van der Waals surface area contributed by atoms with Gasteiger partial charge in [-0.05, 0) is 95.0 Å². The van der Waals surface area contributed by atoms with Gasteiger partial charge in [-0.2, -0.15) is 0 Å². The number of rotatable bonds is 7. The maximum absolute atomic E-state index is 5.18. The molecule has 1 aromatic heterocycles. The highest BCUT2D eigenvalue weighted by atomic mass is 15.0. The Labute approximate surface area is 349 Å². The van der Waals surface area contributed by atoms with E-state index in [1.54, 1.807) is 0 Å². The van der Waals surface area contributed by atoms with E-state index in [4.69, 9.17) is 15.0 Å². The zero-order chi connectivity index (χ0) is 39.8. The van der Waals surface area contributed by atoms with Crippen LogP contribution in [0.1, 0.15) is 0 Å². The first-order valence-corrected chi connectivity index (χ1v) is 20.3. The Balaban J connectivity index is 1.02. The third-order valence-electron chi connectivity index (χ3n) is 11.5. The Hall–Kier alpha value is -8.01. The summed E-state index contributed by atoms with van der Waals surface area (Å²) in [5, 5.41) is 7.16. The lowest BCUT2D eigenvalue weighted by Gasteiger charge is -2.13. The molecule has 0 saturated heterocycles. The molecule has 3 nitrogen and oxygen atoms in total. The van der Waals surface area contributed by atoms with Crippen LogP contribution in [0.3, 0.4) is 0 Å². The van der Waals surface area contributed by atoms with E-state index in [0.717, 1.165) is 38.6 Å². The van der Waals surface area contributed by atoms with Crippen molar-refractivity contribution in [2.45, 2.75) is 0 Å². The van der Waals surface area contributed by atoms with Crippen LogP contribution in [0.4, 0.5) is 0 Å². The quantitative estimate of drug-likeness (QED) is 0.162. The Morgan fingerprint density at radius 2 is 0.617 bits per heavy atom. The van der Waals surface area contributed by atoms with E-state index >= 15 is 0 Å². The minimum Gasteiger partial charge on any atom is -0.208 e. The largest absolute Gasteiger partial charge is 0.208 e. The van der Waals surface area contributed by atoms with Gasteiger partial charge in [0.15, 0.2) is 17.5 Å². The van der Waals surface area contributed by atoms with Crippen molar-refractivity contribution >= 4 is 32.3 Å². The van der Waals surface area contributed by atoms with E-state index in [9.17, 15) is 0 Å². The van der Waals surface area contributed by atoms with Gasteiger partial charge in [0, 0.05) is 16.7 Å². The number of hydrogen-bond donors (Lipinski definition) is 0. The second kappa shape index (κ2) is 15.1. The maximum Gasteiger partial charge on any atom is 0.164 e. The van der Waals surface area contributed by atoms with Gasteiger partial charge < -0.3 is 0 Å². The molecule has 11 aromatic rings. The van der Waals surface area contributed by atoms with Crippen LogP contribution in [0.15, 0.2) is 224 Å². The molecule has 0 aliphatic heterocycles. The molecule has 10 aromatic carbocycles. The summed E-state index contributed by atoms with van der Waals surface area (Å²) >= 11 is 0. The Morgan fingerprint density at radius 3 is 1.30 bits per heavy atom. The summed E-state index contributed by atoms with van der Waals surface area (Å²) in [5.41, 5.74) is 12.2. The number of benzene rings is 10. The highest BCUT2D eigenvalue weighted by Gasteiger charge is 2.16. The highest BCUT2D eigenvalue weighted by molar-refractivity contribution is 6.05. The van der Waals surface area contributed by atoms with Crippen molar-refractivity contribution < 1.29 is 0 Å². The van der Waals surface area contributed by atoms with Crippen molar-refractivity contribution in [2.24, 2.45) is 0 Å². The summed E-state index contributed by atoms with van der Waals surface area (Å²) in [6, 6.07) is 79.5. The van der Waals surface area contributed by atoms with Crippen molar-refractivity contribution in [3.05, 3.63) is 224 Å². The van der Waals surface area contributed by atoms with Gasteiger partial charge in [-0.25, -0.2) is 15.0 Å². The highest BCUT2D eigenvalue weighted by Crippen LogP contribution is 2.37. The molecule has 0 unspecified atom stereocenters. The smallest absolute Gasteiger partial charge is 0.164 e. The fourth-order valence-corrected chi connectivity index (χ4v) is 8.48. The van der Waals surface area contributed by atoms with E-state index in [1.165, 1.54) is 54.9 Å². The molecule has 0 aliphatic carbocycles. The first-order valence-electron chi connectivity index (χ1n) is 20.3. The van der Waals surface area contributed by atoms with Gasteiger partial charge >= 0.3 is 0 Å². The topological polar surface area (TPSA) is 38.7 Å². The van der Waals surface area contributed by atoms with Gasteiger partial charge in [0.05, 0.1) is 0 Å². The van der Waals surface area contributed by atoms with E-state index in [2.05, 4.69) is 224 Å². The summed E-state index contributed by atoms with van der Waals surface area (Å²) in [7, 11) is 0. The average Bonchev–Trinajstić information content (AvgIpc) is 3.33. The fraction of sp³-hybridized carbons (Fsp3) is 0. The Kier molecular flexibility index (Phi) is 8.83. The standard InChI is InChI=1S/C57H37N3/c1-3-13-38(14-4-1)43-29-30-45-36-48(32-31-44(45)35-43)57-59-55(58-56(60-57)47-20-11-19-46(37-47)50-24-12-18-40-17-7-8-21-49(40)50)42-27-25-41(26-28-42)52-34-33-51(39-15-5-2-6-16-39)53-22-9-10-23-54(52)53/h1-37H. The van der Waals surface area contributed by atoms with Gasteiger partial charge in [-0.1, -0.05) is 206 Å². The molecule has 0 fully saturated rings. The van der Waals surface area contributed by atoms with Crippen molar-refractivity contribution in [1.82, 2.24) is 15.0 Å². The van der Waals surface area contributed by atoms with Gasteiger partial charge in [-0.15, -0.1) is 0 Å². The molecule has 0 saturated carbocycles. The molecular weight excluding hydrogens is 727 g/mol. The lowest BCUT2D eigenvalue weighted by atomic mass is 9.92. The van der Waals surface area contributed by atoms with Gasteiger partial charge in [0.1, 0.15) is 0 Å². The van der Waals surface area contributed by atoms with Gasteiger partial charge in [0.25, 0.3) is 0 Å². The summed E-state index contributed by atoms with van der Waals surface area (Å²) in [6.07, 6.45) is 0. The van der Waals surface area contributed by atoms with Crippen LogP contribution >= 0.6 is 0 Å². The summed E-state index contributed by atoms with van der Waals surface area (Å²) in [6.45, 7) is 0. The normalized spacial score (nSPS) is 11.3. The SMILES string of the molecule is c1ccc(-c2ccc3cc(-c4nc(-c5ccc(-c6ccc(-c7ccccc7)c7ccccc67)cc5)nc(-c5cccc(-c6cccc7ccccc67)c5)n4)ccc3c2)cc1. The zero-order valence-electron chi connectivity index (χ0n) is 32.7. The number of fused-ring (bicyclic) bond motifs is 3. The second-order valence-electron chi connectivity index (χ2n) is 15.2. The van der Waals surface area contributed by atoms with E-state index < -0.39 is 0 Å². The summed E-state index contributed by atoms with van der Waals surface area (Å²) in [4.78, 5) is 15.5. The second-order valence-corrected chi connectivity index (χ2v) is 15.2. The number of aromatic nitrogens is 3. The molecule has 0 spiro atoms. The monoisotopic (exact) mass is 763 g/mol. The zero-order valence-corrected chi connectivity index (χ0v) is 32.7. The molecule has 3 heteroatoms. The van der Waals surface area contributed by atoms with Crippen molar-refractivity contribution in [1.29, 1.82) is 0 Å². The predicted octanol–water partition coefficient (Wildman–Crippen LogP) is 15.0. The third-order valence-corrected chi connectivity index (χ3v) is 11.5. The Morgan fingerprint density at radius 1 is 0.200 bits per heavy atom. The third kappa shape index (κ3) is 6.58. The molecule has 280 valence electrons. The van der Waals surface area contributed by atoms with Crippen molar-refractivity contribution in [3.8, 4) is 78.7 Å². The van der Waals surface area contributed by atoms with Crippen LogP contribution in [-0.4, -0.2) is 15.0 Å². The molecule has 0 radical (unpaired) electrons. The maximum atomic E-state index is 5.18. The number of hydrogen-bond acceptors (Lipinski definition) is 3. The lowest BCUT2D eigenvalue weighted by molar-refractivity contribution is 1.07. The van der Waals surface area contributed by atoms with Crippen LogP contribution in [0.2, 0.25) is 0 Å². The number of nitrogens with zero attached hydrogens (tertiary/aromatic N) is 3. The molecule has 0 amide bonds. The van der Waals surface area contributed by atoms with Crippen LogP contribution < -0.4 is 0 Å². The summed E-state index contributed by atoms with van der Waals surface area (Å²) in [5.74, 6) is 1.88. The van der Waals surface area contributed by atoms with Gasteiger partial charge in [-0.3, -0.25) is 0 Å². The Bertz CT molecular complexity index is 3350.